The summed E-state index contributed by atoms with van der Waals surface area (Å²) in [4.78, 5) is 12.0. The van der Waals surface area contributed by atoms with Crippen molar-refractivity contribution in [2.45, 2.75) is 46.3 Å². The Labute approximate surface area is 127 Å². The van der Waals surface area contributed by atoms with Gasteiger partial charge >= 0.3 is 0 Å². The molecule has 2 heterocycles. The van der Waals surface area contributed by atoms with Gasteiger partial charge in [-0.25, -0.2) is 8.78 Å². The lowest BCUT2D eigenvalue weighted by Gasteiger charge is -2.12. The highest BCUT2D eigenvalue weighted by molar-refractivity contribution is 5.76. The van der Waals surface area contributed by atoms with Gasteiger partial charge in [0.05, 0.1) is 11.7 Å². The molecule has 2 aromatic heterocycles. The Morgan fingerprint density at radius 1 is 1.36 bits per heavy atom. The van der Waals surface area contributed by atoms with Gasteiger partial charge in [-0.05, 0) is 32.9 Å². The highest BCUT2D eigenvalue weighted by Gasteiger charge is 2.17. The third-order valence-corrected chi connectivity index (χ3v) is 3.32. The van der Waals surface area contributed by atoms with Gasteiger partial charge in [-0.2, -0.15) is 10.2 Å². The number of aromatic nitrogens is 4. The number of halogens is 2. The van der Waals surface area contributed by atoms with Gasteiger partial charge < -0.3 is 5.32 Å². The van der Waals surface area contributed by atoms with Crippen LogP contribution in [0, 0.1) is 6.92 Å². The molecule has 0 spiro atoms. The van der Waals surface area contributed by atoms with Crippen molar-refractivity contribution in [1.82, 2.24) is 24.9 Å². The topological polar surface area (TPSA) is 64.7 Å². The van der Waals surface area contributed by atoms with Gasteiger partial charge in [0.25, 0.3) is 6.43 Å². The number of hydrogen-bond donors (Lipinski definition) is 1. The average molecular weight is 311 g/mol. The van der Waals surface area contributed by atoms with Gasteiger partial charge in [-0.3, -0.25) is 14.2 Å². The van der Waals surface area contributed by atoms with E-state index in [0.29, 0.717) is 5.69 Å². The van der Waals surface area contributed by atoms with E-state index < -0.39 is 6.43 Å². The van der Waals surface area contributed by atoms with Crippen molar-refractivity contribution < 1.29 is 13.6 Å². The molecule has 0 radical (unpaired) electrons. The first-order valence-corrected chi connectivity index (χ1v) is 7.06. The minimum Gasteiger partial charge on any atom is -0.346 e. The van der Waals surface area contributed by atoms with E-state index in [9.17, 15) is 13.6 Å². The summed E-state index contributed by atoms with van der Waals surface area (Å²) in [6.07, 6.45) is -0.801. The van der Waals surface area contributed by atoms with E-state index in [0.717, 1.165) is 12.2 Å². The van der Waals surface area contributed by atoms with Crippen LogP contribution in [0.15, 0.2) is 18.3 Å². The molecule has 120 valence electrons. The smallest absolute Gasteiger partial charge is 0.282 e. The summed E-state index contributed by atoms with van der Waals surface area (Å²) in [6.45, 7) is 6.08. The van der Waals surface area contributed by atoms with Crippen molar-refractivity contribution >= 4 is 5.91 Å². The number of nitrogens with zero attached hydrogens (tertiary/aromatic N) is 4. The summed E-state index contributed by atoms with van der Waals surface area (Å²) in [6, 6.07) is 2.86. The number of rotatable bonds is 6. The molecule has 1 unspecified atom stereocenters. The summed E-state index contributed by atoms with van der Waals surface area (Å²) in [5, 5.41) is 10.8. The van der Waals surface area contributed by atoms with Crippen molar-refractivity contribution in [1.29, 1.82) is 0 Å². The number of aryl methyl sites for hydroxylation is 2. The zero-order chi connectivity index (χ0) is 16.3. The first-order chi connectivity index (χ1) is 10.4. The summed E-state index contributed by atoms with van der Waals surface area (Å²) >= 11 is 0. The molecular formula is C14H19F2N5O. The van der Waals surface area contributed by atoms with Crippen LogP contribution in [0.5, 0.6) is 0 Å². The van der Waals surface area contributed by atoms with Crippen molar-refractivity contribution in [2.75, 3.05) is 0 Å². The monoisotopic (exact) mass is 311 g/mol. The Balaban J connectivity index is 1.97. The molecule has 1 amide bonds. The summed E-state index contributed by atoms with van der Waals surface area (Å²) < 4.78 is 28.2. The van der Waals surface area contributed by atoms with Crippen LogP contribution in [0.1, 0.15) is 43.4 Å². The molecule has 6 nitrogen and oxygen atoms in total. The van der Waals surface area contributed by atoms with Gasteiger partial charge in [0.15, 0.2) is 0 Å². The molecule has 0 bridgehead atoms. The maximum atomic E-state index is 12.6. The van der Waals surface area contributed by atoms with Gasteiger partial charge in [0.2, 0.25) is 5.91 Å². The number of amides is 1. The lowest BCUT2D eigenvalue weighted by atomic mass is 10.2. The Morgan fingerprint density at radius 3 is 2.64 bits per heavy atom. The van der Waals surface area contributed by atoms with E-state index in [1.54, 1.807) is 11.6 Å². The third-order valence-electron chi connectivity index (χ3n) is 3.32. The zero-order valence-corrected chi connectivity index (χ0v) is 12.8. The fourth-order valence-electron chi connectivity index (χ4n) is 2.08. The Bertz CT molecular complexity index is 649. The van der Waals surface area contributed by atoms with Crippen molar-refractivity contribution in [3.63, 3.8) is 0 Å². The average Bonchev–Trinajstić information content (AvgIpc) is 3.06. The maximum Gasteiger partial charge on any atom is 0.282 e. The molecule has 1 atom stereocenters. The lowest BCUT2D eigenvalue weighted by Crippen LogP contribution is -2.31. The molecule has 22 heavy (non-hydrogen) atoms. The molecule has 0 saturated carbocycles. The molecule has 0 fully saturated rings. The van der Waals surface area contributed by atoms with Crippen molar-refractivity contribution in [3.8, 4) is 0 Å². The van der Waals surface area contributed by atoms with Gasteiger partial charge in [0.1, 0.15) is 12.2 Å². The summed E-state index contributed by atoms with van der Waals surface area (Å²) in [5.74, 6) is -0.300. The molecule has 8 heteroatoms. The second-order valence-electron chi connectivity index (χ2n) is 5.05. The Hall–Kier alpha value is -2.25. The van der Waals surface area contributed by atoms with E-state index in [4.69, 9.17) is 0 Å². The molecule has 0 saturated heterocycles. The van der Waals surface area contributed by atoms with E-state index in [2.05, 4.69) is 15.5 Å². The highest BCUT2D eigenvalue weighted by atomic mass is 19.3. The van der Waals surface area contributed by atoms with E-state index in [1.165, 1.54) is 10.7 Å². The first kappa shape index (κ1) is 16.1. The van der Waals surface area contributed by atoms with E-state index in [1.807, 2.05) is 26.1 Å². The van der Waals surface area contributed by atoms with Gasteiger partial charge in [-0.15, -0.1) is 0 Å². The first-order valence-electron chi connectivity index (χ1n) is 7.06. The van der Waals surface area contributed by atoms with Crippen LogP contribution < -0.4 is 5.32 Å². The molecule has 2 rings (SSSR count). The molecule has 0 aliphatic heterocycles. The minimum absolute atomic E-state index is 0.0998. The molecular weight excluding hydrogens is 292 g/mol. The van der Waals surface area contributed by atoms with Crippen LogP contribution >= 0.6 is 0 Å². The fraction of sp³-hybridized carbons (Fsp3) is 0.500. The van der Waals surface area contributed by atoms with Crippen molar-refractivity contribution in [2.24, 2.45) is 0 Å². The quantitative estimate of drug-likeness (QED) is 0.889. The lowest BCUT2D eigenvalue weighted by molar-refractivity contribution is -0.122. The second-order valence-corrected chi connectivity index (χ2v) is 5.05. The number of hydrogen-bond acceptors (Lipinski definition) is 3. The van der Waals surface area contributed by atoms with Crippen LogP contribution in [-0.2, 0) is 17.9 Å². The third kappa shape index (κ3) is 3.69. The highest BCUT2D eigenvalue weighted by Crippen LogP contribution is 2.18. The normalized spacial score (nSPS) is 12.6. The SMILES string of the molecule is CCn1ccc(C(C)NC(=O)Cn2nc(C(F)F)cc2C)n1. The Kier molecular flexibility index (Phi) is 4.89. The second kappa shape index (κ2) is 6.67. The largest absolute Gasteiger partial charge is 0.346 e. The van der Waals surface area contributed by atoms with Gasteiger partial charge in [0, 0.05) is 18.4 Å². The number of carbonyl (C=O) groups excluding carboxylic acids is 1. The van der Waals surface area contributed by atoms with E-state index >= 15 is 0 Å². The van der Waals surface area contributed by atoms with Crippen LogP contribution in [0.2, 0.25) is 0 Å². The molecule has 0 aromatic carbocycles. The number of alkyl halides is 2. The van der Waals surface area contributed by atoms with Crippen molar-refractivity contribution in [3.05, 3.63) is 35.4 Å². The minimum atomic E-state index is -2.64. The predicted octanol–water partition coefficient (Wildman–Crippen LogP) is 2.22. The molecule has 0 aliphatic carbocycles. The predicted molar refractivity (Wildman–Crippen MR) is 76.4 cm³/mol. The summed E-state index contributed by atoms with van der Waals surface area (Å²) in [7, 11) is 0. The van der Waals surface area contributed by atoms with E-state index in [-0.39, 0.29) is 24.2 Å². The maximum absolute atomic E-state index is 12.6. The van der Waals surface area contributed by atoms with Crippen LogP contribution in [0.3, 0.4) is 0 Å². The molecule has 0 aliphatic rings. The number of carbonyl (C=O) groups is 1. The molecule has 2 aromatic rings. The van der Waals surface area contributed by atoms with Gasteiger partial charge in [-0.1, -0.05) is 0 Å². The fourth-order valence-corrected chi connectivity index (χ4v) is 2.08. The molecule has 1 N–H and O–H groups in total. The van der Waals surface area contributed by atoms with Crippen LogP contribution in [-0.4, -0.2) is 25.5 Å². The standard InChI is InChI=1S/C14H19F2N5O/c1-4-20-6-5-11(18-20)10(3)17-13(22)8-21-9(2)7-12(19-21)14(15)16/h5-7,10,14H,4,8H2,1-3H3,(H,17,22). The zero-order valence-electron chi connectivity index (χ0n) is 12.8. The number of nitrogens with one attached hydrogen (secondary N) is 1. The summed E-state index contributed by atoms with van der Waals surface area (Å²) in [5.41, 5.74) is 0.953. The van der Waals surface area contributed by atoms with Crippen LogP contribution in [0.25, 0.3) is 0 Å². The van der Waals surface area contributed by atoms with Crippen LogP contribution in [0.4, 0.5) is 8.78 Å². The Morgan fingerprint density at radius 2 is 2.09 bits per heavy atom.